The zero-order valence-electron chi connectivity index (χ0n) is 8.43. The van der Waals surface area contributed by atoms with E-state index in [2.05, 4.69) is 4.98 Å². The number of hydrogen-bond acceptors (Lipinski definition) is 5. The van der Waals surface area contributed by atoms with E-state index >= 15 is 0 Å². The Balaban J connectivity index is 1.94. The average Bonchev–Trinajstić information content (AvgIpc) is 2.87. The summed E-state index contributed by atoms with van der Waals surface area (Å²) in [5.74, 6) is 0.0605. The fourth-order valence-electron chi connectivity index (χ4n) is 1.92. The molecule has 0 aromatic carbocycles. The van der Waals surface area contributed by atoms with Gasteiger partial charge in [0.05, 0.1) is 13.2 Å². The normalized spacial score (nSPS) is 22.1. The van der Waals surface area contributed by atoms with Crippen LogP contribution in [0.25, 0.3) is 0 Å². The Kier molecular flexibility index (Phi) is 3.45. The zero-order valence-corrected chi connectivity index (χ0v) is 9.24. The lowest BCUT2D eigenvalue weighted by Crippen LogP contribution is -2.36. The number of Topliss-reactive ketones (excluding diaryl/α,β-unsaturated/α-hetero) is 1. The number of carbonyl (C=O) groups excluding carboxylic acids is 1. The lowest BCUT2D eigenvalue weighted by atomic mass is 10.2. The molecule has 15 heavy (non-hydrogen) atoms. The zero-order chi connectivity index (χ0) is 10.7. The Labute approximate surface area is 92.6 Å². The van der Waals surface area contributed by atoms with Crippen LogP contribution in [0.1, 0.15) is 22.6 Å². The number of thiazole rings is 1. The molecule has 5 heteroatoms. The van der Waals surface area contributed by atoms with Crippen molar-refractivity contribution in [3.8, 4) is 0 Å². The van der Waals surface area contributed by atoms with Crippen molar-refractivity contribution in [1.29, 1.82) is 0 Å². The molecule has 0 amide bonds. The molecule has 2 rings (SSSR count). The van der Waals surface area contributed by atoms with Crippen LogP contribution in [0.4, 0.5) is 0 Å². The highest BCUT2D eigenvalue weighted by Crippen LogP contribution is 2.17. The van der Waals surface area contributed by atoms with Crippen LogP contribution < -0.4 is 0 Å². The molecule has 1 N–H and O–H groups in total. The summed E-state index contributed by atoms with van der Waals surface area (Å²) in [5, 5.41) is 11.5. The standard InChI is InChI=1S/C10H14N2O2S/c13-7-8-2-1-4-12(8)6-9(14)10-11-3-5-15-10/h3,5,8,13H,1-2,4,6-7H2/t8-/m1/s1. The SMILES string of the molecule is O=C(CN1CCC[C@@H]1CO)c1nccs1. The summed E-state index contributed by atoms with van der Waals surface area (Å²) in [4.78, 5) is 17.8. The lowest BCUT2D eigenvalue weighted by molar-refractivity contribution is 0.0887. The summed E-state index contributed by atoms with van der Waals surface area (Å²) in [6.45, 7) is 1.44. The quantitative estimate of drug-likeness (QED) is 0.771. The number of rotatable bonds is 4. The second-order valence-electron chi connectivity index (χ2n) is 3.71. The van der Waals surface area contributed by atoms with Crippen LogP contribution in [-0.4, -0.2) is 46.5 Å². The molecule has 1 atom stereocenters. The van der Waals surface area contributed by atoms with E-state index in [0.29, 0.717) is 11.6 Å². The van der Waals surface area contributed by atoms with E-state index in [1.54, 1.807) is 11.6 Å². The summed E-state index contributed by atoms with van der Waals surface area (Å²) < 4.78 is 0. The highest BCUT2D eigenvalue weighted by Gasteiger charge is 2.26. The van der Waals surface area contributed by atoms with Gasteiger partial charge in [-0.25, -0.2) is 4.98 Å². The monoisotopic (exact) mass is 226 g/mol. The lowest BCUT2D eigenvalue weighted by Gasteiger charge is -2.20. The molecule has 0 radical (unpaired) electrons. The van der Waals surface area contributed by atoms with Crippen LogP contribution in [0.15, 0.2) is 11.6 Å². The van der Waals surface area contributed by atoms with Gasteiger partial charge in [-0.2, -0.15) is 0 Å². The van der Waals surface area contributed by atoms with E-state index in [1.165, 1.54) is 11.3 Å². The van der Waals surface area contributed by atoms with E-state index in [-0.39, 0.29) is 18.4 Å². The fraction of sp³-hybridized carbons (Fsp3) is 0.600. The molecule has 1 aromatic rings. The van der Waals surface area contributed by atoms with Crippen LogP contribution in [0.3, 0.4) is 0 Å². The summed E-state index contributed by atoms with van der Waals surface area (Å²) in [5.41, 5.74) is 0. The second kappa shape index (κ2) is 4.83. The molecular weight excluding hydrogens is 212 g/mol. The van der Waals surface area contributed by atoms with Gasteiger partial charge in [0.15, 0.2) is 5.01 Å². The van der Waals surface area contributed by atoms with Crippen LogP contribution in [0.2, 0.25) is 0 Å². The molecule has 0 bridgehead atoms. The van der Waals surface area contributed by atoms with E-state index in [4.69, 9.17) is 5.11 Å². The molecule has 0 saturated carbocycles. The number of hydrogen-bond donors (Lipinski definition) is 1. The molecule has 1 aliphatic heterocycles. The van der Waals surface area contributed by atoms with Crippen molar-refractivity contribution >= 4 is 17.1 Å². The number of nitrogens with zero attached hydrogens (tertiary/aromatic N) is 2. The number of carbonyl (C=O) groups is 1. The van der Waals surface area contributed by atoms with Crippen molar-refractivity contribution in [3.63, 3.8) is 0 Å². The minimum absolute atomic E-state index is 0.0605. The summed E-state index contributed by atoms with van der Waals surface area (Å²) >= 11 is 1.37. The van der Waals surface area contributed by atoms with Gasteiger partial charge < -0.3 is 5.11 Å². The fourth-order valence-corrected chi connectivity index (χ4v) is 2.49. The summed E-state index contributed by atoms with van der Waals surface area (Å²) in [6.07, 6.45) is 3.70. The van der Waals surface area contributed by atoms with Gasteiger partial charge in [0.2, 0.25) is 5.78 Å². The van der Waals surface area contributed by atoms with E-state index in [1.807, 2.05) is 4.90 Å². The van der Waals surface area contributed by atoms with Gasteiger partial charge in [0.25, 0.3) is 0 Å². The molecule has 1 aliphatic rings. The maximum atomic E-state index is 11.7. The van der Waals surface area contributed by atoms with Crippen LogP contribution in [0.5, 0.6) is 0 Å². The van der Waals surface area contributed by atoms with Crippen LogP contribution in [-0.2, 0) is 0 Å². The molecule has 0 aliphatic carbocycles. The molecule has 82 valence electrons. The van der Waals surface area contributed by atoms with Crippen LogP contribution in [0, 0.1) is 0 Å². The first kappa shape index (κ1) is 10.7. The third-order valence-corrected chi connectivity index (χ3v) is 3.54. The Morgan fingerprint density at radius 2 is 2.60 bits per heavy atom. The first-order chi connectivity index (χ1) is 7.31. The van der Waals surface area contributed by atoms with Gasteiger partial charge in [-0.1, -0.05) is 0 Å². The number of ketones is 1. The molecule has 1 fully saturated rings. The second-order valence-corrected chi connectivity index (χ2v) is 4.60. The van der Waals surface area contributed by atoms with Crippen molar-refractivity contribution in [3.05, 3.63) is 16.6 Å². The van der Waals surface area contributed by atoms with Gasteiger partial charge in [-0.3, -0.25) is 9.69 Å². The first-order valence-corrected chi connectivity index (χ1v) is 5.97. The van der Waals surface area contributed by atoms with Crippen molar-refractivity contribution in [2.75, 3.05) is 19.7 Å². The topological polar surface area (TPSA) is 53.4 Å². The largest absolute Gasteiger partial charge is 0.395 e. The Morgan fingerprint density at radius 3 is 3.27 bits per heavy atom. The number of aliphatic hydroxyl groups excluding tert-OH is 1. The Hall–Kier alpha value is -0.780. The Morgan fingerprint density at radius 1 is 1.73 bits per heavy atom. The average molecular weight is 226 g/mol. The molecule has 0 unspecified atom stereocenters. The summed E-state index contributed by atoms with van der Waals surface area (Å²) in [6, 6.07) is 0.161. The van der Waals surface area contributed by atoms with Gasteiger partial charge in [0.1, 0.15) is 0 Å². The van der Waals surface area contributed by atoms with Gasteiger partial charge >= 0.3 is 0 Å². The van der Waals surface area contributed by atoms with E-state index in [9.17, 15) is 4.79 Å². The minimum Gasteiger partial charge on any atom is -0.395 e. The smallest absolute Gasteiger partial charge is 0.205 e. The van der Waals surface area contributed by atoms with Crippen LogP contribution >= 0.6 is 11.3 Å². The van der Waals surface area contributed by atoms with Gasteiger partial charge in [-0.15, -0.1) is 11.3 Å². The number of likely N-dealkylation sites (tertiary alicyclic amines) is 1. The maximum Gasteiger partial charge on any atom is 0.205 e. The highest BCUT2D eigenvalue weighted by atomic mass is 32.1. The maximum absolute atomic E-state index is 11.7. The minimum atomic E-state index is 0.0605. The van der Waals surface area contributed by atoms with Gasteiger partial charge in [0, 0.05) is 17.6 Å². The third-order valence-electron chi connectivity index (χ3n) is 2.73. The predicted octanol–water partition coefficient (Wildman–Crippen LogP) is 0.782. The highest BCUT2D eigenvalue weighted by molar-refractivity contribution is 7.11. The van der Waals surface area contributed by atoms with Crippen molar-refractivity contribution in [1.82, 2.24) is 9.88 Å². The number of aliphatic hydroxyl groups is 1. The molecule has 2 heterocycles. The summed E-state index contributed by atoms with van der Waals surface area (Å²) in [7, 11) is 0. The molecular formula is C10H14N2O2S. The predicted molar refractivity (Wildman–Crippen MR) is 58.1 cm³/mol. The van der Waals surface area contributed by atoms with Crippen molar-refractivity contribution in [2.24, 2.45) is 0 Å². The van der Waals surface area contributed by atoms with Crippen molar-refractivity contribution in [2.45, 2.75) is 18.9 Å². The molecule has 0 spiro atoms. The molecule has 1 aromatic heterocycles. The number of aromatic nitrogens is 1. The molecule has 4 nitrogen and oxygen atoms in total. The Bertz CT molecular complexity index is 326. The molecule has 1 saturated heterocycles. The van der Waals surface area contributed by atoms with E-state index < -0.39 is 0 Å². The van der Waals surface area contributed by atoms with Gasteiger partial charge in [-0.05, 0) is 19.4 Å². The van der Waals surface area contributed by atoms with E-state index in [0.717, 1.165) is 19.4 Å². The first-order valence-electron chi connectivity index (χ1n) is 5.09. The third kappa shape index (κ3) is 2.42. The van der Waals surface area contributed by atoms with Crippen molar-refractivity contribution < 1.29 is 9.90 Å².